The number of para-hydroxylation sites is 2. The SMILES string of the molecule is O=[N+]([O-])c1ccccc1OCc1nc(-c2cccc(O)c2)n[nH]1. The van der Waals surface area contributed by atoms with E-state index in [-0.39, 0.29) is 23.8 Å². The van der Waals surface area contributed by atoms with Crippen LogP contribution in [0.1, 0.15) is 5.82 Å². The topological polar surface area (TPSA) is 114 Å². The molecular weight excluding hydrogens is 300 g/mol. The zero-order valence-corrected chi connectivity index (χ0v) is 11.8. The highest BCUT2D eigenvalue weighted by Gasteiger charge is 2.14. The Kier molecular flexibility index (Phi) is 3.88. The maximum absolute atomic E-state index is 10.9. The molecule has 0 spiro atoms. The molecule has 0 atom stereocenters. The van der Waals surface area contributed by atoms with Gasteiger partial charge >= 0.3 is 5.69 Å². The van der Waals surface area contributed by atoms with Crippen LogP contribution in [0.3, 0.4) is 0 Å². The zero-order valence-electron chi connectivity index (χ0n) is 11.8. The maximum Gasteiger partial charge on any atom is 0.310 e. The van der Waals surface area contributed by atoms with E-state index in [0.29, 0.717) is 17.2 Å². The number of aromatic hydroxyl groups is 1. The van der Waals surface area contributed by atoms with Gasteiger partial charge in [0.2, 0.25) is 0 Å². The number of H-pyrrole nitrogens is 1. The Balaban J connectivity index is 1.74. The normalized spacial score (nSPS) is 10.4. The van der Waals surface area contributed by atoms with E-state index in [2.05, 4.69) is 15.2 Å². The summed E-state index contributed by atoms with van der Waals surface area (Å²) < 4.78 is 5.43. The van der Waals surface area contributed by atoms with Gasteiger partial charge in [-0.15, -0.1) is 0 Å². The van der Waals surface area contributed by atoms with Crippen LogP contribution in [0.25, 0.3) is 11.4 Å². The number of nitro benzene ring substituents is 1. The number of benzene rings is 2. The molecule has 0 radical (unpaired) electrons. The fraction of sp³-hybridized carbons (Fsp3) is 0.0667. The number of hydrogen-bond acceptors (Lipinski definition) is 6. The highest BCUT2D eigenvalue weighted by atomic mass is 16.6. The van der Waals surface area contributed by atoms with Gasteiger partial charge in [-0.3, -0.25) is 15.2 Å². The molecule has 0 saturated carbocycles. The molecule has 0 aliphatic heterocycles. The number of phenolic OH excluding ortho intramolecular Hbond substituents is 1. The smallest absolute Gasteiger partial charge is 0.310 e. The molecule has 116 valence electrons. The molecule has 1 heterocycles. The minimum absolute atomic E-state index is 0.0106. The van der Waals surface area contributed by atoms with Crippen LogP contribution in [-0.2, 0) is 6.61 Å². The summed E-state index contributed by atoms with van der Waals surface area (Å²) >= 11 is 0. The summed E-state index contributed by atoms with van der Waals surface area (Å²) in [5, 5.41) is 27.1. The lowest BCUT2D eigenvalue weighted by Crippen LogP contribution is -2.00. The van der Waals surface area contributed by atoms with Crippen molar-refractivity contribution in [3.05, 3.63) is 64.5 Å². The summed E-state index contributed by atoms with van der Waals surface area (Å²) in [5.41, 5.74) is 0.540. The molecule has 23 heavy (non-hydrogen) atoms. The van der Waals surface area contributed by atoms with Crippen molar-refractivity contribution in [3.63, 3.8) is 0 Å². The summed E-state index contributed by atoms with van der Waals surface area (Å²) in [6.45, 7) is 0.0106. The van der Waals surface area contributed by atoms with Gasteiger partial charge in [-0.05, 0) is 18.2 Å². The van der Waals surface area contributed by atoms with Gasteiger partial charge in [0.1, 0.15) is 12.4 Å². The van der Waals surface area contributed by atoms with Crippen molar-refractivity contribution < 1.29 is 14.8 Å². The molecule has 0 amide bonds. The summed E-state index contributed by atoms with van der Waals surface area (Å²) in [5.74, 6) is 1.10. The first kappa shape index (κ1) is 14.5. The van der Waals surface area contributed by atoms with E-state index >= 15 is 0 Å². The number of phenols is 1. The van der Waals surface area contributed by atoms with Crippen LogP contribution in [0.2, 0.25) is 0 Å². The van der Waals surface area contributed by atoms with Crippen LogP contribution in [0.15, 0.2) is 48.5 Å². The van der Waals surface area contributed by atoms with Gasteiger partial charge in [0.05, 0.1) is 4.92 Å². The number of nitrogens with zero attached hydrogens (tertiary/aromatic N) is 3. The van der Waals surface area contributed by atoms with E-state index in [1.165, 1.54) is 18.2 Å². The van der Waals surface area contributed by atoms with E-state index in [1.807, 2.05) is 0 Å². The Morgan fingerprint density at radius 1 is 1.22 bits per heavy atom. The van der Waals surface area contributed by atoms with Crippen molar-refractivity contribution in [1.82, 2.24) is 15.2 Å². The third kappa shape index (κ3) is 3.26. The summed E-state index contributed by atoms with van der Waals surface area (Å²) in [6, 6.07) is 12.6. The molecule has 8 nitrogen and oxygen atoms in total. The minimum atomic E-state index is -0.506. The van der Waals surface area contributed by atoms with Gasteiger partial charge < -0.3 is 9.84 Å². The predicted octanol–water partition coefficient (Wildman–Crippen LogP) is 2.66. The Hall–Kier alpha value is -3.42. The Morgan fingerprint density at radius 2 is 2.04 bits per heavy atom. The fourth-order valence-corrected chi connectivity index (χ4v) is 2.01. The van der Waals surface area contributed by atoms with E-state index in [9.17, 15) is 15.2 Å². The van der Waals surface area contributed by atoms with Crippen molar-refractivity contribution >= 4 is 5.69 Å². The molecule has 8 heteroatoms. The second-order valence-electron chi connectivity index (χ2n) is 4.67. The third-order valence-electron chi connectivity index (χ3n) is 3.06. The van der Waals surface area contributed by atoms with Gasteiger partial charge in [-0.25, -0.2) is 4.98 Å². The maximum atomic E-state index is 10.9. The van der Waals surface area contributed by atoms with Crippen LogP contribution in [-0.4, -0.2) is 25.2 Å². The number of nitrogens with one attached hydrogen (secondary N) is 1. The zero-order chi connectivity index (χ0) is 16.2. The van der Waals surface area contributed by atoms with E-state index in [0.717, 1.165) is 0 Å². The molecule has 0 unspecified atom stereocenters. The molecule has 2 aromatic carbocycles. The predicted molar refractivity (Wildman–Crippen MR) is 80.9 cm³/mol. The van der Waals surface area contributed by atoms with Crippen molar-refractivity contribution in [1.29, 1.82) is 0 Å². The van der Waals surface area contributed by atoms with Crippen molar-refractivity contribution in [2.45, 2.75) is 6.61 Å². The van der Waals surface area contributed by atoms with Gasteiger partial charge in [0, 0.05) is 11.6 Å². The highest BCUT2D eigenvalue weighted by Crippen LogP contribution is 2.26. The molecule has 1 aromatic heterocycles. The van der Waals surface area contributed by atoms with E-state index in [4.69, 9.17) is 4.74 Å². The highest BCUT2D eigenvalue weighted by molar-refractivity contribution is 5.56. The quantitative estimate of drug-likeness (QED) is 0.553. The van der Waals surface area contributed by atoms with Crippen LogP contribution in [0.4, 0.5) is 5.69 Å². The Labute approximate surface area is 130 Å². The lowest BCUT2D eigenvalue weighted by atomic mass is 10.2. The van der Waals surface area contributed by atoms with E-state index < -0.39 is 4.92 Å². The van der Waals surface area contributed by atoms with Crippen LogP contribution < -0.4 is 4.74 Å². The fourth-order valence-electron chi connectivity index (χ4n) is 2.01. The molecule has 2 N–H and O–H groups in total. The number of rotatable bonds is 5. The first-order chi connectivity index (χ1) is 11.1. The Morgan fingerprint density at radius 3 is 2.83 bits per heavy atom. The molecule has 0 bridgehead atoms. The van der Waals surface area contributed by atoms with Crippen molar-refractivity contribution in [3.8, 4) is 22.9 Å². The summed E-state index contributed by atoms with van der Waals surface area (Å²) in [7, 11) is 0. The second kappa shape index (κ2) is 6.14. The largest absolute Gasteiger partial charge is 0.508 e. The number of hydrogen-bond donors (Lipinski definition) is 2. The summed E-state index contributed by atoms with van der Waals surface area (Å²) in [4.78, 5) is 14.7. The first-order valence-electron chi connectivity index (χ1n) is 6.70. The number of ether oxygens (including phenoxy) is 1. The molecular formula is C15H12N4O4. The number of aromatic nitrogens is 3. The number of nitro groups is 1. The van der Waals surface area contributed by atoms with Gasteiger partial charge in [0.25, 0.3) is 0 Å². The number of aromatic amines is 1. The third-order valence-corrected chi connectivity index (χ3v) is 3.06. The van der Waals surface area contributed by atoms with Crippen molar-refractivity contribution in [2.24, 2.45) is 0 Å². The second-order valence-corrected chi connectivity index (χ2v) is 4.67. The molecule has 0 saturated heterocycles. The molecule has 0 aliphatic rings. The van der Waals surface area contributed by atoms with Gasteiger partial charge in [-0.1, -0.05) is 24.3 Å². The Bertz CT molecular complexity index is 847. The molecule has 3 aromatic rings. The van der Waals surface area contributed by atoms with Crippen LogP contribution in [0, 0.1) is 10.1 Å². The van der Waals surface area contributed by atoms with Gasteiger partial charge in [-0.2, -0.15) is 5.10 Å². The monoisotopic (exact) mass is 312 g/mol. The average Bonchev–Trinajstić information content (AvgIpc) is 3.02. The lowest BCUT2D eigenvalue weighted by molar-refractivity contribution is -0.385. The molecule has 0 aliphatic carbocycles. The van der Waals surface area contributed by atoms with Gasteiger partial charge in [0.15, 0.2) is 17.4 Å². The lowest BCUT2D eigenvalue weighted by Gasteiger charge is -2.03. The average molecular weight is 312 g/mol. The van der Waals surface area contributed by atoms with Crippen LogP contribution in [0.5, 0.6) is 11.5 Å². The van der Waals surface area contributed by atoms with Crippen LogP contribution >= 0.6 is 0 Å². The molecule has 3 rings (SSSR count). The summed E-state index contributed by atoms with van der Waals surface area (Å²) in [6.07, 6.45) is 0. The minimum Gasteiger partial charge on any atom is -0.508 e. The first-order valence-corrected chi connectivity index (χ1v) is 6.70. The standard InChI is InChI=1S/C15H12N4O4/c20-11-5-3-4-10(8-11)15-16-14(17-18-15)9-23-13-7-2-1-6-12(13)19(21)22/h1-8,20H,9H2,(H,16,17,18). The van der Waals surface area contributed by atoms with E-state index in [1.54, 1.807) is 30.3 Å². The van der Waals surface area contributed by atoms with Crippen molar-refractivity contribution in [2.75, 3.05) is 0 Å². The molecule has 0 fully saturated rings.